The molecule has 0 aliphatic carbocycles. The Morgan fingerprint density at radius 3 is 1.22 bits per heavy atom. The minimum absolute atomic E-state index is 0. The molecule has 0 atom stereocenters. The Hall–Kier alpha value is -2.78. The fraction of sp³-hybridized carbons (Fsp3) is 0.538. The molecule has 0 bridgehead atoms. The second kappa shape index (κ2) is 8.01. The van der Waals surface area contributed by atoms with Crippen molar-refractivity contribution in [3.05, 3.63) is 0 Å². The van der Waals surface area contributed by atoms with Gasteiger partial charge in [-0.2, -0.15) is 0 Å². The van der Waals surface area contributed by atoms with E-state index in [0.29, 0.717) is 0 Å². The lowest BCUT2D eigenvalue weighted by atomic mass is 10.4. The molecule has 2 aliphatic rings. The molecule has 23 heavy (non-hydrogen) atoms. The number of hydroxylamine groups is 4. The molecule has 2 aliphatic heterocycles. The smallest absolute Gasteiger partial charge is 0.330 e. The van der Waals surface area contributed by atoms with Crippen molar-refractivity contribution in [2.45, 2.75) is 47.0 Å². The van der Waals surface area contributed by atoms with E-state index in [9.17, 15) is 28.8 Å². The largest absolute Gasteiger partial charge is 0.344 e. The van der Waals surface area contributed by atoms with E-state index >= 15 is 0 Å². The second-order valence-corrected chi connectivity index (χ2v) is 4.27. The summed E-state index contributed by atoms with van der Waals surface area (Å²) in [5.41, 5.74) is 0. The maximum Gasteiger partial charge on any atom is 0.344 e. The molecule has 0 N–H and O–H groups in total. The van der Waals surface area contributed by atoms with E-state index in [4.69, 9.17) is 0 Å². The molecule has 0 aromatic carbocycles. The molecular formula is C13H18N2O8. The molecule has 2 saturated heterocycles. The Balaban J connectivity index is 0.00000242. The minimum Gasteiger partial charge on any atom is -0.330 e. The summed E-state index contributed by atoms with van der Waals surface area (Å²) in [6.45, 7) is 0. The van der Waals surface area contributed by atoms with Gasteiger partial charge in [-0.1, -0.05) is 14.9 Å². The minimum atomic E-state index is -1.21. The first kappa shape index (κ1) is 20.2. The first-order valence-electron chi connectivity index (χ1n) is 6.01. The van der Waals surface area contributed by atoms with Crippen LogP contribution in [0.4, 0.5) is 0 Å². The molecular weight excluding hydrogens is 312 g/mol. The first-order valence-corrected chi connectivity index (χ1v) is 6.01. The molecule has 4 amide bonds. The van der Waals surface area contributed by atoms with E-state index in [0.717, 1.165) is 0 Å². The van der Waals surface area contributed by atoms with Crippen molar-refractivity contribution in [3.8, 4) is 0 Å². The summed E-state index contributed by atoms with van der Waals surface area (Å²) in [5.74, 6) is -5.16. The van der Waals surface area contributed by atoms with E-state index < -0.39 is 42.0 Å². The van der Waals surface area contributed by atoms with Gasteiger partial charge < -0.3 is 9.68 Å². The van der Waals surface area contributed by atoms with Crippen LogP contribution >= 0.6 is 0 Å². The van der Waals surface area contributed by atoms with Crippen molar-refractivity contribution in [1.82, 2.24) is 10.1 Å². The Morgan fingerprint density at radius 2 is 0.957 bits per heavy atom. The lowest BCUT2D eigenvalue weighted by molar-refractivity contribution is -0.206. The fourth-order valence-corrected chi connectivity index (χ4v) is 1.70. The molecule has 128 valence electrons. The van der Waals surface area contributed by atoms with E-state index in [1.807, 2.05) is 0 Å². The summed E-state index contributed by atoms with van der Waals surface area (Å²) >= 11 is 0. The average Bonchev–Trinajstić information content (AvgIpc) is 2.88. The van der Waals surface area contributed by atoms with Gasteiger partial charge in [-0.05, 0) is 0 Å². The number of carbonyl (C=O) groups is 6. The highest BCUT2D eigenvalue weighted by Crippen LogP contribution is 2.14. The van der Waals surface area contributed by atoms with E-state index in [-0.39, 0.29) is 50.7 Å². The van der Waals surface area contributed by atoms with Crippen LogP contribution in [0.2, 0.25) is 0 Å². The summed E-state index contributed by atoms with van der Waals surface area (Å²) < 4.78 is 0. The van der Waals surface area contributed by atoms with Crippen LogP contribution < -0.4 is 0 Å². The maximum absolute atomic E-state index is 11.4. The zero-order chi connectivity index (χ0) is 15.6. The summed E-state index contributed by atoms with van der Waals surface area (Å²) in [7, 11) is 0. The molecule has 2 rings (SSSR count). The Labute approximate surface area is 132 Å². The van der Waals surface area contributed by atoms with Gasteiger partial charge in [0.05, 0.1) is 0 Å². The fourth-order valence-electron chi connectivity index (χ4n) is 1.70. The van der Waals surface area contributed by atoms with Crippen molar-refractivity contribution in [1.29, 1.82) is 0 Å². The molecule has 0 unspecified atom stereocenters. The summed E-state index contributed by atoms with van der Waals surface area (Å²) in [5, 5.41) is 0.559. The third kappa shape index (κ3) is 4.59. The average molecular weight is 330 g/mol. The zero-order valence-corrected chi connectivity index (χ0v) is 10.7. The number of rotatable bonds is 4. The van der Waals surface area contributed by atoms with Crippen LogP contribution in [-0.4, -0.2) is 45.7 Å². The lowest BCUT2D eigenvalue weighted by Crippen LogP contribution is -2.35. The summed E-state index contributed by atoms with van der Waals surface area (Å²) in [4.78, 5) is 76.4. The monoisotopic (exact) mass is 330 g/mol. The van der Waals surface area contributed by atoms with Crippen LogP contribution in [0.3, 0.4) is 0 Å². The van der Waals surface area contributed by atoms with Gasteiger partial charge in [0.15, 0.2) is 0 Å². The molecule has 0 radical (unpaired) electrons. The number of imide groups is 2. The maximum atomic E-state index is 11.4. The third-order valence-electron chi connectivity index (χ3n) is 2.69. The van der Waals surface area contributed by atoms with Gasteiger partial charge in [-0.25, -0.2) is 9.59 Å². The van der Waals surface area contributed by atoms with Gasteiger partial charge in [0, 0.05) is 25.7 Å². The predicted molar refractivity (Wildman–Crippen MR) is 72.4 cm³/mol. The van der Waals surface area contributed by atoms with Crippen molar-refractivity contribution in [2.24, 2.45) is 0 Å². The van der Waals surface area contributed by atoms with E-state index in [1.165, 1.54) is 0 Å². The molecule has 0 aromatic rings. The van der Waals surface area contributed by atoms with Crippen molar-refractivity contribution < 1.29 is 38.4 Å². The molecule has 0 aromatic heterocycles. The Kier molecular flexibility index (Phi) is 7.04. The van der Waals surface area contributed by atoms with Crippen LogP contribution in [0.5, 0.6) is 0 Å². The number of amides is 4. The first-order chi connectivity index (χ1) is 9.88. The SMILES string of the molecule is C.C.O=C(CC(=O)ON1C(=O)CCC1=O)ON1C(=O)CCC1=O. The summed E-state index contributed by atoms with van der Waals surface area (Å²) in [6, 6.07) is 0. The third-order valence-corrected chi connectivity index (χ3v) is 2.69. The topological polar surface area (TPSA) is 127 Å². The van der Waals surface area contributed by atoms with Gasteiger partial charge in [0.25, 0.3) is 23.6 Å². The van der Waals surface area contributed by atoms with E-state index in [2.05, 4.69) is 9.68 Å². The van der Waals surface area contributed by atoms with Crippen LogP contribution in [0.1, 0.15) is 47.0 Å². The van der Waals surface area contributed by atoms with Crippen LogP contribution in [-0.2, 0) is 38.4 Å². The molecule has 0 saturated carbocycles. The Bertz CT molecular complexity index is 476. The van der Waals surface area contributed by atoms with Gasteiger partial charge in [-0.3, -0.25) is 19.2 Å². The highest BCUT2D eigenvalue weighted by atomic mass is 16.7. The highest BCUT2D eigenvalue weighted by molar-refractivity contribution is 6.03. The van der Waals surface area contributed by atoms with Gasteiger partial charge in [0.2, 0.25) is 0 Å². The van der Waals surface area contributed by atoms with Crippen LogP contribution in [0, 0.1) is 0 Å². The van der Waals surface area contributed by atoms with Crippen molar-refractivity contribution in [3.63, 3.8) is 0 Å². The van der Waals surface area contributed by atoms with Crippen molar-refractivity contribution >= 4 is 35.6 Å². The normalized spacial score (nSPS) is 16.9. The molecule has 2 heterocycles. The molecule has 0 spiro atoms. The molecule has 10 heteroatoms. The second-order valence-electron chi connectivity index (χ2n) is 4.27. The molecule has 2 fully saturated rings. The Morgan fingerprint density at radius 1 is 0.696 bits per heavy atom. The van der Waals surface area contributed by atoms with Gasteiger partial charge >= 0.3 is 11.9 Å². The standard InChI is InChI=1S/C11H10N2O8.2CH4/c14-6-1-2-7(15)12(6)20-10(18)5-11(19)21-13-8(16)3-4-9(13)17;;/h1-5H2;2*1H4. The van der Waals surface area contributed by atoms with Crippen LogP contribution in [0.25, 0.3) is 0 Å². The van der Waals surface area contributed by atoms with Gasteiger partial charge in [0.1, 0.15) is 6.42 Å². The lowest BCUT2D eigenvalue weighted by Gasteiger charge is -2.14. The number of nitrogens with zero attached hydrogens (tertiary/aromatic N) is 2. The van der Waals surface area contributed by atoms with E-state index in [1.54, 1.807) is 0 Å². The quantitative estimate of drug-likeness (QED) is 0.515. The van der Waals surface area contributed by atoms with Crippen LogP contribution in [0.15, 0.2) is 0 Å². The number of carbonyl (C=O) groups excluding carboxylic acids is 6. The zero-order valence-electron chi connectivity index (χ0n) is 10.7. The van der Waals surface area contributed by atoms with Gasteiger partial charge in [-0.15, -0.1) is 10.1 Å². The predicted octanol–water partition coefficient (Wildman–Crippen LogP) is -0.137. The van der Waals surface area contributed by atoms with Crippen molar-refractivity contribution in [2.75, 3.05) is 0 Å². The number of hydrogen-bond donors (Lipinski definition) is 0. The summed E-state index contributed by atoms with van der Waals surface area (Å²) in [6.07, 6.45) is -1.25. The highest BCUT2D eigenvalue weighted by Gasteiger charge is 2.35. The number of hydrogen-bond acceptors (Lipinski definition) is 8. The molecule has 10 nitrogen and oxygen atoms in total.